The molecule has 2 aromatic carbocycles. The van der Waals surface area contributed by atoms with Crippen LogP contribution in [0.5, 0.6) is 0 Å². The van der Waals surface area contributed by atoms with Crippen LogP contribution in [-0.2, 0) is 24.9 Å². The zero-order valence-corrected chi connectivity index (χ0v) is 23.0. The zero-order valence-electron chi connectivity index (χ0n) is 20.6. The number of pyridine rings is 1. The van der Waals surface area contributed by atoms with Gasteiger partial charge in [-0.15, -0.1) is 35.9 Å². The zero-order chi connectivity index (χ0) is 23.7. The van der Waals surface area contributed by atoms with E-state index in [1.807, 2.05) is 52.1 Å². The number of aromatic nitrogens is 1. The van der Waals surface area contributed by atoms with E-state index in [9.17, 15) is 9.90 Å². The Kier molecular flexibility index (Phi) is 12.3. The van der Waals surface area contributed by atoms with Crippen molar-refractivity contribution in [1.29, 1.82) is 0 Å². The summed E-state index contributed by atoms with van der Waals surface area (Å²) < 4.78 is 0. The maximum atomic E-state index is 11.4. The molecular formula is C29H36IrNO2-. The molecule has 1 aromatic heterocycles. The molecule has 0 amide bonds. The van der Waals surface area contributed by atoms with Gasteiger partial charge in [-0.2, -0.15) is 0 Å². The summed E-state index contributed by atoms with van der Waals surface area (Å²) in [7, 11) is 0. The van der Waals surface area contributed by atoms with E-state index in [0.29, 0.717) is 5.92 Å². The van der Waals surface area contributed by atoms with Gasteiger partial charge >= 0.3 is 0 Å². The van der Waals surface area contributed by atoms with Crippen LogP contribution in [0.15, 0.2) is 66.6 Å². The van der Waals surface area contributed by atoms with Gasteiger partial charge in [-0.3, -0.25) is 4.79 Å². The van der Waals surface area contributed by atoms with E-state index >= 15 is 0 Å². The number of fused-ring (bicyclic) bond motifs is 1. The van der Waals surface area contributed by atoms with Crippen molar-refractivity contribution in [1.82, 2.24) is 4.98 Å². The van der Waals surface area contributed by atoms with E-state index in [1.165, 1.54) is 22.4 Å². The first-order valence-electron chi connectivity index (χ1n) is 11.6. The fourth-order valence-electron chi connectivity index (χ4n) is 3.15. The molecule has 0 aliphatic carbocycles. The smallest absolute Gasteiger partial charge is 0.161 e. The minimum atomic E-state index is 0. The summed E-state index contributed by atoms with van der Waals surface area (Å²) in [6.45, 7) is 12.2. The summed E-state index contributed by atoms with van der Waals surface area (Å²) in [4.78, 5) is 15.9. The Morgan fingerprint density at radius 1 is 1.03 bits per heavy atom. The van der Waals surface area contributed by atoms with Gasteiger partial charge in [-0.05, 0) is 46.9 Å². The molecule has 179 valence electrons. The van der Waals surface area contributed by atoms with Crippen LogP contribution in [0.3, 0.4) is 0 Å². The van der Waals surface area contributed by atoms with Crippen molar-refractivity contribution in [3.05, 3.63) is 78.2 Å². The number of hydrogen-bond donors (Lipinski definition) is 1. The number of aliphatic hydroxyl groups excluding tert-OH is 1. The summed E-state index contributed by atoms with van der Waals surface area (Å²) in [5.41, 5.74) is 3.42. The third-order valence-corrected chi connectivity index (χ3v) is 5.92. The first kappa shape index (κ1) is 28.7. The van der Waals surface area contributed by atoms with E-state index in [2.05, 4.69) is 55.2 Å². The van der Waals surface area contributed by atoms with Gasteiger partial charge in [0.15, 0.2) is 5.78 Å². The van der Waals surface area contributed by atoms with E-state index in [4.69, 9.17) is 0 Å². The molecule has 0 aliphatic heterocycles. The van der Waals surface area contributed by atoms with Crippen LogP contribution in [0.4, 0.5) is 0 Å². The molecule has 3 rings (SSSR count). The molecule has 0 saturated carbocycles. The Morgan fingerprint density at radius 3 is 2.30 bits per heavy atom. The molecule has 1 radical (unpaired) electrons. The van der Waals surface area contributed by atoms with Crippen molar-refractivity contribution in [2.75, 3.05) is 0 Å². The third kappa shape index (κ3) is 8.21. The molecule has 0 saturated heterocycles. The SMILES string of the molecule is CC(C)c1ccc2c(-c3[c-]cccc3)nccc2c1.CCC(C)C(=O)/C=C(\O)C(C)CC.[Ir]. The van der Waals surface area contributed by atoms with Crippen molar-refractivity contribution < 1.29 is 30.0 Å². The summed E-state index contributed by atoms with van der Waals surface area (Å²) in [6, 6.07) is 19.9. The van der Waals surface area contributed by atoms with Crippen molar-refractivity contribution in [2.24, 2.45) is 11.8 Å². The van der Waals surface area contributed by atoms with Gasteiger partial charge in [0.05, 0.1) is 5.76 Å². The number of nitrogens with zero attached hydrogens (tertiary/aromatic N) is 1. The van der Waals surface area contributed by atoms with Crippen LogP contribution in [0, 0.1) is 17.9 Å². The topological polar surface area (TPSA) is 50.2 Å². The molecule has 0 aliphatic rings. The molecule has 0 fully saturated rings. The molecule has 4 heteroatoms. The fourth-order valence-corrected chi connectivity index (χ4v) is 3.15. The predicted molar refractivity (Wildman–Crippen MR) is 135 cm³/mol. The van der Waals surface area contributed by atoms with Crippen molar-refractivity contribution in [3.63, 3.8) is 0 Å². The van der Waals surface area contributed by atoms with Crippen molar-refractivity contribution in [2.45, 2.75) is 60.3 Å². The minimum Gasteiger partial charge on any atom is -0.512 e. The van der Waals surface area contributed by atoms with Crippen LogP contribution in [0.25, 0.3) is 22.0 Å². The van der Waals surface area contributed by atoms with Crippen molar-refractivity contribution >= 4 is 16.6 Å². The van der Waals surface area contributed by atoms with Crippen LogP contribution < -0.4 is 0 Å². The third-order valence-electron chi connectivity index (χ3n) is 5.92. The first-order valence-corrected chi connectivity index (χ1v) is 11.6. The number of rotatable bonds is 7. The van der Waals surface area contributed by atoms with Crippen LogP contribution >= 0.6 is 0 Å². The predicted octanol–water partition coefficient (Wildman–Crippen LogP) is 7.91. The van der Waals surface area contributed by atoms with Gasteiger partial charge in [0, 0.05) is 44.2 Å². The Morgan fingerprint density at radius 2 is 1.73 bits per heavy atom. The number of carbonyl (C=O) groups is 1. The van der Waals surface area contributed by atoms with Crippen LogP contribution in [0.2, 0.25) is 0 Å². The fraction of sp³-hybridized carbons (Fsp3) is 0.379. The van der Waals surface area contributed by atoms with Crippen molar-refractivity contribution in [3.8, 4) is 11.3 Å². The molecule has 1 heterocycles. The van der Waals surface area contributed by atoms with Gasteiger partial charge in [0.2, 0.25) is 0 Å². The quantitative estimate of drug-likeness (QED) is 0.166. The second-order valence-electron chi connectivity index (χ2n) is 8.66. The summed E-state index contributed by atoms with van der Waals surface area (Å²) >= 11 is 0. The Balaban J connectivity index is 0.000000346. The van der Waals surface area contributed by atoms with Gasteiger partial charge in [-0.25, -0.2) is 0 Å². The minimum absolute atomic E-state index is 0. The van der Waals surface area contributed by atoms with Crippen LogP contribution in [0.1, 0.15) is 65.9 Å². The molecule has 33 heavy (non-hydrogen) atoms. The maximum Gasteiger partial charge on any atom is 0.161 e. The maximum absolute atomic E-state index is 11.4. The number of ketones is 1. The Hall–Kier alpha value is -2.29. The standard InChI is InChI=1S/C18H16N.C11H20O2.Ir/c1-13(2)15-8-9-17-16(12-15)10-11-19-18(17)14-6-4-3-5-7-14;1-5-8(3)10(12)7-11(13)9(4)6-2;/h3-6,8-13H,1-2H3;7-9,12H,5-6H2,1-4H3;/q-1;;/b;10-7-;. The van der Waals surface area contributed by atoms with E-state index in [0.717, 1.165) is 24.1 Å². The van der Waals surface area contributed by atoms with Gasteiger partial charge < -0.3 is 10.1 Å². The Bertz CT molecular complexity index is 1040. The number of carbonyl (C=O) groups excluding carboxylic acids is 1. The molecule has 3 aromatic rings. The monoisotopic (exact) mass is 623 g/mol. The summed E-state index contributed by atoms with van der Waals surface area (Å²) in [5, 5.41) is 11.9. The average Bonchev–Trinajstić information content (AvgIpc) is 2.82. The molecule has 0 bridgehead atoms. The molecule has 2 unspecified atom stereocenters. The normalized spacial score (nSPS) is 13.0. The average molecular weight is 623 g/mol. The van der Waals surface area contributed by atoms with E-state index < -0.39 is 0 Å². The molecule has 1 N–H and O–H groups in total. The van der Waals surface area contributed by atoms with Crippen LogP contribution in [-0.4, -0.2) is 15.9 Å². The van der Waals surface area contributed by atoms with E-state index in [1.54, 1.807) is 0 Å². The summed E-state index contributed by atoms with van der Waals surface area (Å²) in [6.07, 6.45) is 4.93. The molecular weight excluding hydrogens is 587 g/mol. The Labute approximate surface area is 212 Å². The number of aliphatic hydroxyl groups is 1. The molecule has 2 atom stereocenters. The second kappa shape index (κ2) is 14.1. The number of hydrogen-bond acceptors (Lipinski definition) is 3. The van der Waals surface area contributed by atoms with E-state index in [-0.39, 0.29) is 43.5 Å². The number of allylic oxidation sites excluding steroid dienone is 2. The summed E-state index contributed by atoms with van der Waals surface area (Å²) in [5.74, 6) is 0.900. The van der Waals surface area contributed by atoms with Gasteiger partial charge in [0.1, 0.15) is 0 Å². The van der Waals surface area contributed by atoms with Gasteiger partial charge in [0.25, 0.3) is 0 Å². The second-order valence-corrected chi connectivity index (χ2v) is 8.66. The van der Waals surface area contributed by atoms with Gasteiger partial charge in [-0.1, -0.05) is 59.7 Å². The first-order chi connectivity index (χ1) is 15.3. The number of benzene rings is 2. The largest absolute Gasteiger partial charge is 0.512 e. The molecule has 3 nitrogen and oxygen atoms in total. The molecule has 0 spiro atoms.